The van der Waals surface area contributed by atoms with E-state index in [-0.39, 0.29) is 5.79 Å². The van der Waals surface area contributed by atoms with Gasteiger partial charge in [0.2, 0.25) is 0 Å². The van der Waals surface area contributed by atoms with Gasteiger partial charge in [-0.15, -0.1) is 0 Å². The summed E-state index contributed by atoms with van der Waals surface area (Å²) in [5.74, 6) is 4.39. The zero-order valence-electron chi connectivity index (χ0n) is 16.1. The molecule has 0 amide bonds. The molecule has 0 saturated heterocycles. The summed E-state index contributed by atoms with van der Waals surface area (Å²) in [6.07, 6.45) is 14.5. The smallest absolute Gasteiger partial charge is 0.167 e. The summed E-state index contributed by atoms with van der Waals surface area (Å²) in [5.41, 5.74) is 2.30. The fraction of sp³-hybridized carbons (Fsp3) is 0.909. The van der Waals surface area contributed by atoms with Gasteiger partial charge < -0.3 is 9.47 Å². The number of hydrogen-bond donors (Lipinski definition) is 0. The molecule has 4 saturated carbocycles. The molecule has 1 unspecified atom stereocenters. The number of methoxy groups -OCH3 is 2. The van der Waals surface area contributed by atoms with Gasteiger partial charge in [0.25, 0.3) is 0 Å². The maximum absolute atomic E-state index is 5.80. The van der Waals surface area contributed by atoms with E-state index in [2.05, 4.69) is 19.9 Å². The number of hydrogen-bond acceptors (Lipinski definition) is 2. The molecule has 0 bridgehead atoms. The number of ether oxygens (including phenoxy) is 2. The van der Waals surface area contributed by atoms with Crippen molar-refractivity contribution in [2.24, 2.45) is 35.0 Å². The first-order chi connectivity index (χ1) is 11.6. The average molecular weight is 333 g/mol. The minimum atomic E-state index is -0.289. The predicted octanol–water partition coefficient (Wildman–Crippen LogP) is 5.57. The summed E-state index contributed by atoms with van der Waals surface area (Å²) in [4.78, 5) is 0. The summed E-state index contributed by atoms with van der Waals surface area (Å²) >= 11 is 0. The first-order valence-electron chi connectivity index (χ1n) is 10.3. The molecule has 6 atom stereocenters. The molecular formula is C22H36O2. The Hall–Kier alpha value is -0.340. The van der Waals surface area contributed by atoms with Crippen LogP contribution in [0.3, 0.4) is 0 Å². The van der Waals surface area contributed by atoms with E-state index >= 15 is 0 Å². The molecule has 0 heterocycles. The summed E-state index contributed by atoms with van der Waals surface area (Å²) in [6, 6.07) is 0. The van der Waals surface area contributed by atoms with E-state index in [0.29, 0.717) is 5.41 Å². The lowest BCUT2D eigenvalue weighted by Crippen LogP contribution is -2.51. The van der Waals surface area contributed by atoms with Crippen molar-refractivity contribution in [3.63, 3.8) is 0 Å². The lowest BCUT2D eigenvalue weighted by molar-refractivity contribution is -0.246. The highest BCUT2D eigenvalue weighted by Gasteiger charge is 2.56. The van der Waals surface area contributed by atoms with E-state index in [0.717, 1.165) is 42.4 Å². The lowest BCUT2D eigenvalue weighted by atomic mass is 9.50. The second kappa shape index (κ2) is 6.13. The van der Waals surface area contributed by atoms with Crippen molar-refractivity contribution in [1.82, 2.24) is 0 Å². The Morgan fingerprint density at radius 3 is 2.38 bits per heavy atom. The van der Waals surface area contributed by atoms with E-state index < -0.39 is 0 Å². The van der Waals surface area contributed by atoms with Crippen LogP contribution in [0.25, 0.3) is 0 Å². The largest absolute Gasteiger partial charge is 0.353 e. The molecule has 4 fully saturated rings. The Bertz CT molecular complexity index is 506. The molecule has 0 aromatic carbocycles. The van der Waals surface area contributed by atoms with E-state index in [4.69, 9.17) is 9.47 Å². The molecule has 0 aliphatic heterocycles. The van der Waals surface area contributed by atoms with Crippen molar-refractivity contribution in [3.05, 3.63) is 11.6 Å². The molecule has 0 spiro atoms. The van der Waals surface area contributed by atoms with Crippen molar-refractivity contribution >= 4 is 0 Å². The maximum Gasteiger partial charge on any atom is 0.167 e. The van der Waals surface area contributed by atoms with E-state index in [1.54, 1.807) is 5.57 Å². The zero-order valence-corrected chi connectivity index (χ0v) is 16.1. The molecule has 24 heavy (non-hydrogen) atoms. The van der Waals surface area contributed by atoms with Gasteiger partial charge in [0.1, 0.15) is 0 Å². The molecule has 4 aliphatic rings. The van der Waals surface area contributed by atoms with Crippen LogP contribution in [0, 0.1) is 35.0 Å². The molecule has 136 valence electrons. The third kappa shape index (κ3) is 2.35. The molecule has 4 aliphatic carbocycles. The van der Waals surface area contributed by atoms with Gasteiger partial charge in [0.05, 0.1) is 0 Å². The quantitative estimate of drug-likeness (QED) is 0.486. The SMILES string of the molecule is C/C=C1/CCC2[C@@H]3CC[C@H]4CC(OC)(OC)CC[C@@H]4[C@H]3CC[C@]12C. The van der Waals surface area contributed by atoms with Crippen LogP contribution in [-0.2, 0) is 9.47 Å². The lowest BCUT2D eigenvalue weighted by Gasteiger charge is -2.56. The molecule has 2 nitrogen and oxygen atoms in total. The number of allylic oxidation sites excluding steroid dienone is 2. The second-order valence-corrected chi connectivity index (χ2v) is 9.31. The number of fused-ring (bicyclic) bond motifs is 5. The Morgan fingerprint density at radius 2 is 1.67 bits per heavy atom. The zero-order chi connectivity index (χ0) is 16.9. The van der Waals surface area contributed by atoms with Crippen LogP contribution in [-0.4, -0.2) is 20.0 Å². The van der Waals surface area contributed by atoms with Crippen molar-refractivity contribution < 1.29 is 9.47 Å². The Balaban J connectivity index is 1.54. The maximum atomic E-state index is 5.80. The fourth-order valence-electron chi connectivity index (χ4n) is 7.60. The fourth-order valence-corrected chi connectivity index (χ4v) is 7.60. The highest BCUT2D eigenvalue weighted by atomic mass is 16.7. The molecule has 4 rings (SSSR count). The Morgan fingerprint density at radius 1 is 0.917 bits per heavy atom. The van der Waals surface area contributed by atoms with Crippen molar-refractivity contribution in [3.8, 4) is 0 Å². The van der Waals surface area contributed by atoms with Crippen LogP contribution >= 0.6 is 0 Å². The Kier molecular flexibility index (Phi) is 4.36. The minimum Gasteiger partial charge on any atom is -0.353 e. The van der Waals surface area contributed by atoms with Gasteiger partial charge in [-0.1, -0.05) is 18.6 Å². The normalized spacial score (nSPS) is 48.7. The van der Waals surface area contributed by atoms with Crippen LogP contribution in [0.15, 0.2) is 11.6 Å². The standard InChI is InChI=1S/C22H36O2/c1-5-16-7-9-20-19-8-6-15-14-22(23-3,24-4)13-11-17(15)18(19)10-12-21(16,20)2/h5,15,17-20H,6-14H2,1-4H3/b16-5-/t15-,17-,18+,19+,20?,21+/m0/s1. The Labute approximate surface area is 148 Å². The van der Waals surface area contributed by atoms with E-state index in [1.807, 2.05) is 14.2 Å². The molecule has 0 aromatic heterocycles. The summed E-state index contributed by atoms with van der Waals surface area (Å²) < 4.78 is 11.6. The van der Waals surface area contributed by atoms with Crippen LogP contribution < -0.4 is 0 Å². The molecule has 0 aromatic rings. The topological polar surface area (TPSA) is 18.5 Å². The summed E-state index contributed by atoms with van der Waals surface area (Å²) in [7, 11) is 3.66. The van der Waals surface area contributed by atoms with Gasteiger partial charge >= 0.3 is 0 Å². The van der Waals surface area contributed by atoms with Gasteiger partial charge in [-0.3, -0.25) is 0 Å². The summed E-state index contributed by atoms with van der Waals surface area (Å²) in [5, 5.41) is 0. The second-order valence-electron chi connectivity index (χ2n) is 9.31. The van der Waals surface area contributed by atoms with Crippen LogP contribution in [0.5, 0.6) is 0 Å². The highest BCUT2D eigenvalue weighted by molar-refractivity contribution is 5.23. The molecule has 0 radical (unpaired) electrons. The molecule has 0 N–H and O–H groups in total. The first kappa shape index (κ1) is 17.1. The number of rotatable bonds is 2. The van der Waals surface area contributed by atoms with Gasteiger partial charge in [0.15, 0.2) is 5.79 Å². The monoisotopic (exact) mass is 332 g/mol. The van der Waals surface area contributed by atoms with Crippen molar-refractivity contribution in [2.75, 3.05) is 14.2 Å². The van der Waals surface area contributed by atoms with Crippen LogP contribution in [0.2, 0.25) is 0 Å². The van der Waals surface area contributed by atoms with Crippen LogP contribution in [0.1, 0.15) is 71.6 Å². The third-order valence-electron chi connectivity index (χ3n) is 8.89. The first-order valence-corrected chi connectivity index (χ1v) is 10.3. The van der Waals surface area contributed by atoms with Gasteiger partial charge in [0, 0.05) is 27.1 Å². The predicted molar refractivity (Wildman–Crippen MR) is 97.6 cm³/mol. The van der Waals surface area contributed by atoms with E-state index in [1.165, 1.54) is 44.9 Å². The van der Waals surface area contributed by atoms with Gasteiger partial charge in [-0.25, -0.2) is 0 Å². The highest BCUT2D eigenvalue weighted by Crippen LogP contribution is 2.64. The van der Waals surface area contributed by atoms with Gasteiger partial charge in [-0.2, -0.15) is 0 Å². The van der Waals surface area contributed by atoms with Crippen LogP contribution in [0.4, 0.5) is 0 Å². The van der Waals surface area contributed by atoms with Gasteiger partial charge in [-0.05, 0) is 86.9 Å². The average Bonchev–Trinajstić information content (AvgIpc) is 2.97. The minimum absolute atomic E-state index is 0.289. The van der Waals surface area contributed by atoms with E-state index in [9.17, 15) is 0 Å². The molecule has 2 heteroatoms. The third-order valence-corrected chi connectivity index (χ3v) is 8.89. The van der Waals surface area contributed by atoms with Crippen molar-refractivity contribution in [2.45, 2.75) is 77.4 Å². The summed E-state index contributed by atoms with van der Waals surface area (Å²) in [6.45, 7) is 4.85. The molecular weight excluding hydrogens is 296 g/mol. The van der Waals surface area contributed by atoms with Crippen molar-refractivity contribution in [1.29, 1.82) is 0 Å².